The van der Waals surface area contributed by atoms with Crippen molar-refractivity contribution in [1.29, 1.82) is 0 Å². The van der Waals surface area contributed by atoms with Crippen molar-refractivity contribution in [2.24, 2.45) is 0 Å². The van der Waals surface area contributed by atoms with Gasteiger partial charge in [0.25, 0.3) is 5.91 Å². The summed E-state index contributed by atoms with van der Waals surface area (Å²) in [7, 11) is -1.32. The quantitative estimate of drug-likeness (QED) is 0.918. The Morgan fingerprint density at radius 2 is 2.10 bits per heavy atom. The summed E-state index contributed by atoms with van der Waals surface area (Å²) >= 11 is 0. The van der Waals surface area contributed by atoms with Gasteiger partial charge in [-0.2, -0.15) is 0 Å². The summed E-state index contributed by atoms with van der Waals surface area (Å²) in [5, 5.41) is 0.983. The predicted octanol–water partition coefficient (Wildman–Crippen LogP) is 1.74. The maximum Gasteiger partial charge on any atom is 0.270 e. The summed E-state index contributed by atoms with van der Waals surface area (Å²) in [4.78, 5) is 17.2. The van der Waals surface area contributed by atoms with Crippen molar-refractivity contribution in [3.8, 4) is 0 Å². The Kier molecular flexibility index (Phi) is 3.28. The van der Waals surface area contributed by atoms with E-state index in [0.29, 0.717) is 12.1 Å². The van der Waals surface area contributed by atoms with Crippen molar-refractivity contribution in [2.45, 2.75) is 19.4 Å². The molecule has 1 saturated heterocycles. The molecule has 6 heteroatoms. The topological polar surface area (TPSA) is 70.2 Å². The van der Waals surface area contributed by atoms with E-state index in [1.807, 2.05) is 31.2 Å². The minimum absolute atomic E-state index is 0.0641. The Morgan fingerprint density at radius 1 is 1.33 bits per heavy atom. The highest BCUT2D eigenvalue weighted by molar-refractivity contribution is 7.91. The van der Waals surface area contributed by atoms with Crippen LogP contribution in [0, 0.1) is 6.92 Å². The number of hydrogen-bond acceptors (Lipinski definition) is 3. The first kappa shape index (κ1) is 14.1. The monoisotopic (exact) mass is 306 g/mol. The fraction of sp³-hybridized carbons (Fsp3) is 0.400. The number of carbonyl (C=O) groups excluding carboxylic acids is 1. The van der Waals surface area contributed by atoms with Crippen molar-refractivity contribution in [3.63, 3.8) is 0 Å². The normalized spacial score (nSPS) is 20.8. The van der Waals surface area contributed by atoms with Crippen LogP contribution in [0.25, 0.3) is 10.9 Å². The average molecular weight is 306 g/mol. The lowest BCUT2D eigenvalue weighted by Gasteiger charge is -2.22. The summed E-state index contributed by atoms with van der Waals surface area (Å²) in [6.45, 7) is 2.00. The van der Waals surface area contributed by atoms with Gasteiger partial charge in [0.2, 0.25) is 0 Å². The van der Waals surface area contributed by atoms with E-state index in [-0.39, 0.29) is 23.5 Å². The third-order valence-corrected chi connectivity index (χ3v) is 5.84. The van der Waals surface area contributed by atoms with Crippen LogP contribution in [0.2, 0.25) is 0 Å². The second-order valence-corrected chi connectivity index (χ2v) is 7.98. The fourth-order valence-electron chi connectivity index (χ4n) is 2.79. The van der Waals surface area contributed by atoms with Gasteiger partial charge in [-0.05, 0) is 31.0 Å². The Bertz CT molecular complexity index is 807. The van der Waals surface area contributed by atoms with Crippen LogP contribution < -0.4 is 0 Å². The van der Waals surface area contributed by atoms with E-state index in [4.69, 9.17) is 0 Å². The molecular weight excluding hydrogens is 288 g/mol. The van der Waals surface area contributed by atoms with Gasteiger partial charge >= 0.3 is 0 Å². The third kappa shape index (κ3) is 2.68. The number of benzene rings is 1. The molecule has 5 nitrogen and oxygen atoms in total. The second-order valence-electron chi connectivity index (χ2n) is 5.75. The molecule has 1 aliphatic rings. The summed E-state index contributed by atoms with van der Waals surface area (Å²) in [5.41, 5.74) is 2.55. The number of nitrogens with zero attached hydrogens (tertiary/aromatic N) is 1. The number of fused-ring (bicyclic) bond motifs is 1. The number of nitrogens with one attached hydrogen (secondary N) is 1. The van der Waals surface area contributed by atoms with E-state index >= 15 is 0 Å². The lowest BCUT2D eigenvalue weighted by atomic mass is 10.2. The fourth-order valence-corrected chi connectivity index (χ4v) is 4.57. The molecule has 1 aromatic heterocycles. The molecular formula is C15H18N2O3S. The van der Waals surface area contributed by atoms with Crippen molar-refractivity contribution >= 4 is 26.6 Å². The van der Waals surface area contributed by atoms with Crippen LogP contribution in [0.4, 0.5) is 0 Å². The second kappa shape index (κ2) is 4.87. The number of rotatable bonds is 2. The standard InChI is InChI=1S/C15H18N2O3S/c1-10-3-4-11-8-14(16-13(11)7-10)15(18)17(2)12-5-6-21(19,20)9-12/h3-4,7-8,12,16H,5-6,9H2,1-2H3. The highest BCUT2D eigenvalue weighted by atomic mass is 32.2. The first-order valence-electron chi connectivity index (χ1n) is 6.93. The Labute approximate surface area is 123 Å². The van der Waals surface area contributed by atoms with Crippen LogP contribution >= 0.6 is 0 Å². The van der Waals surface area contributed by atoms with Crippen LogP contribution in [0.1, 0.15) is 22.5 Å². The lowest BCUT2D eigenvalue weighted by Crippen LogP contribution is -2.37. The van der Waals surface area contributed by atoms with Crippen LogP contribution in [-0.4, -0.2) is 48.8 Å². The molecule has 0 radical (unpaired) electrons. The Hall–Kier alpha value is -1.82. The van der Waals surface area contributed by atoms with Gasteiger partial charge in [-0.15, -0.1) is 0 Å². The zero-order valence-corrected chi connectivity index (χ0v) is 12.9. The van der Waals surface area contributed by atoms with Gasteiger partial charge in [0.15, 0.2) is 9.84 Å². The molecule has 0 spiro atoms. The molecule has 0 bridgehead atoms. The molecule has 3 rings (SSSR count). The van der Waals surface area contributed by atoms with Gasteiger partial charge in [0.05, 0.1) is 11.5 Å². The number of carbonyl (C=O) groups is 1. The maximum absolute atomic E-state index is 12.5. The van der Waals surface area contributed by atoms with Gasteiger partial charge < -0.3 is 9.88 Å². The molecule has 0 aliphatic carbocycles. The average Bonchev–Trinajstić information content (AvgIpc) is 2.99. The van der Waals surface area contributed by atoms with Crippen LogP contribution in [0.5, 0.6) is 0 Å². The van der Waals surface area contributed by atoms with Crippen LogP contribution in [-0.2, 0) is 9.84 Å². The molecule has 1 unspecified atom stereocenters. The summed E-state index contributed by atoms with van der Waals surface area (Å²) in [6, 6.07) is 7.55. The molecule has 1 fully saturated rings. The van der Waals surface area contributed by atoms with Crippen molar-refractivity contribution in [3.05, 3.63) is 35.5 Å². The van der Waals surface area contributed by atoms with Gasteiger partial charge in [-0.1, -0.05) is 12.1 Å². The van der Waals surface area contributed by atoms with Crippen molar-refractivity contribution in [2.75, 3.05) is 18.6 Å². The van der Waals surface area contributed by atoms with E-state index in [9.17, 15) is 13.2 Å². The van der Waals surface area contributed by atoms with E-state index in [2.05, 4.69) is 4.98 Å². The summed E-state index contributed by atoms with van der Waals surface area (Å²) in [6.07, 6.45) is 0.518. The summed E-state index contributed by atoms with van der Waals surface area (Å²) in [5.74, 6) is 0.0707. The highest BCUT2D eigenvalue weighted by Crippen LogP contribution is 2.21. The predicted molar refractivity (Wildman–Crippen MR) is 82.2 cm³/mol. The van der Waals surface area contributed by atoms with Crippen molar-refractivity contribution < 1.29 is 13.2 Å². The van der Waals surface area contributed by atoms with Crippen molar-refractivity contribution in [1.82, 2.24) is 9.88 Å². The number of hydrogen-bond donors (Lipinski definition) is 1. The zero-order valence-electron chi connectivity index (χ0n) is 12.1. The molecule has 1 aliphatic heterocycles. The van der Waals surface area contributed by atoms with E-state index in [1.54, 1.807) is 11.9 Å². The SMILES string of the molecule is Cc1ccc2cc(C(=O)N(C)C3CCS(=O)(=O)C3)[nH]c2c1. The first-order valence-corrected chi connectivity index (χ1v) is 8.75. The lowest BCUT2D eigenvalue weighted by molar-refractivity contribution is 0.0743. The minimum atomic E-state index is -2.99. The molecule has 2 heterocycles. The molecule has 21 heavy (non-hydrogen) atoms. The first-order chi connectivity index (χ1) is 9.85. The molecule has 1 amide bonds. The Balaban J connectivity index is 1.86. The van der Waals surface area contributed by atoms with Gasteiger partial charge in [-0.3, -0.25) is 4.79 Å². The molecule has 112 valence electrons. The Morgan fingerprint density at radius 3 is 2.76 bits per heavy atom. The maximum atomic E-state index is 12.5. The number of sulfone groups is 1. The molecule has 2 aromatic rings. The molecule has 1 aromatic carbocycles. The van der Waals surface area contributed by atoms with E-state index in [0.717, 1.165) is 16.5 Å². The minimum Gasteiger partial charge on any atom is -0.351 e. The van der Waals surface area contributed by atoms with Gasteiger partial charge in [0.1, 0.15) is 5.69 Å². The number of amides is 1. The van der Waals surface area contributed by atoms with Gasteiger partial charge in [0, 0.05) is 24.0 Å². The largest absolute Gasteiger partial charge is 0.351 e. The van der Waals surface area contributed by atoms with E-state index < -0.39 is 9.84 Å². The number of H-pyrrole nitrogens is 1. The zero-order chi connectivity index (χ0) is 15.2. The third-order valence-electron chi connectivity index (χ3n) is 4.08. The highest BCUT2D eigenvalue weighted by Gasteiger charge is 2.33. The smallest absolute Gasteiger partial charge is 0.270 e. The molecule has 1 N–H and O–H groups in total. The number of aromatic amines is 1. The molecule has 1 atom stereocenters. The van der Waals surface area contributed by atoms with E-state index in [1.165, 1.54) is 0 Å². The van der Waals surface area contributed by atoms with Crippen LogP contribution in [0.15, 0.2) is 24.3 Å². The number of aromatic nitrogens is 1. The van der Waals surface area contributed by atoms with Crippen LogP contribution in [0.3, 0.4) is 0 Å². The number of aryl methyl sites for hydroxylation is 1. The summed E-state index contributed by atoms with van der Waals surface area (Å²) < 4.78 is 23.1. The van der Waals surface area contributed by atoms with Gasteiger partial charge in [-0.25, -0.2) is 8.42 Å². The molecule has 0 saturated carbocycles.